The molecule has 1 aromatic carbocycles. The van der Waals surface area contributed by atoms with Crippen LogP contribution in [0, 0.1) is 0 Å². The zero-order valence-electron chi connectivity index (χ0n) is 19.6. The van der Waals surface area contributed by atoms with Crippen LogP contribution in [-0.2, 0) is 11.3 Å². The molecule has 174 valence electrons. The molecule has 1 aliphatic heterocycles. The predicted octanol–water partition coefficient (Wildman–Crippen LogP) is 3.96. The van der Waals surface area contributed by atoms with Gasteiger partial charge in [-0.2, -0.15) is 5.10 Å². The second-order valence-electron chi connectivity index (χ2n) is 9.21. The maximum atomic E-state index is 13.9. The molecule has 0 aliphatic carbocycles. The summed E-state index contributed by atoms with van der Waals surface area (Å²) < 4.78 is 12.5. The van der Waals surface area contributed by atoms with Gasteiger partial charge in [0, 0.05) is 11.6 Å². The van der Waals surface area contributed by atoms with Gasteiger partial charge in [0.1, 0.15) is 28.4 Å². The first-order chi connectivity index (χ1) is 15.6. The van der Waals surface area contributed by atoms with Gasteiger partial charge in [0.2, 0.25) is 5.91 Å². The van der Waals surface area contributed by atoms with Crippen LogP contribution in [0.3, 0.4) is 0 Å². The van der Waals surface area contributed by atoms with Gasteiger partial charge in [0.25, 0.3) is 5.91 Å². The van der Waals surface area contributed by atoms with Crippen LogP contribution in [0.1, 0.15) is 38.2 Å². The summed E-state index contributed by atoms with van der Waals surface area (Å²) in [5.41, 5.74) is -0.128. The number of hydrogen-bond donors (Lipinski definition) is 1. The molecule has 0 saturated carbocycles. The number of fused-ring (bicyclic) bond motifs is 1. The Balaban J connectivity index is 1.88. The van der Waals surface area contributed by atoms with Gasteiger partial charge in [-0.05, 0) is 57.3 Å². The van der Waals surface area contributed by atoms with Gasteiger partial charge in [-0.3, -0.25) is 19.2 Å². The zero-order valence-corrected chi connectivity index (χ0v) is 20.4. The fourth-order valence-corrected chi connectivity index (χ4v) is 4.63. The van der Waals surface area contributed by atoms with Crippen molar-refractivity contribution in [2.24, 2.45) is 0 Å². The molecule has 9 heteroatoms. The highest BCUT2D eigenvalue weighted by Gasteiger charge is 2.50. The fourth-order valence-electron chi connectivity index (χ4n) is 3.95. The van der Waals surface area contributed by atoms with Gasteiger partial charge in [-0.25, -0.2) is 0 Å². The Morgan fingerprint density at radius 1 is 1.18 bits per heavy atom. The third-order valence-electron chi connectivity index (χ3n) is 5.53. The topological polar surface area (TPSA) is 85.7 Å². The van der Waals surface area contributed by atoms with E-state index in [0.717, 1.165) is 4.88 Å². The second-order valence-corrected chi connectivity index (χ2v) is 10.2. The smallest absolute Gasteiger partial charge is 0.277 e. The molecule has 0 bridgehead atoms. The van der Waals surface area contributed by atoms with Crippen LogP contribution in [0.5, 0.6) is 11.5 Å². The Labute approximate surface area is 197 Å². The summed E-state index contributed by atoms with van der Waals surface area (Å²) in [6.07, 6.45) is 0. The summed E-state index contributed by atoms with van der Waals surface area (Å²) in [7, 11) is 3.09. The first-order valence-corrected chi connectivity index (χ1v) is 11.5. The van der Waals surface area contributed by atoms with E-state index in [4.69, 9.17) is 9.47 Å². The number of rotatable bonds is 5. The first kappa shape index (κ1) is 22.8. The molecule has 8 nitrogen and oxygen atoms in total. The highest BCUT2D eigenvalue weighted by molar-refractivity contribution is 7.13. The predicted molar refractivity (Wildman–Crippen MR) is 128 cm³/mol. The van der Waals surface area contributed by atoms with Gasteiger partial charge in [-0.1, -0.05) is 6.07 Å². The molecule has 4 rings (SSSR count). The Bertz CT molecular complexity index is 1200. The minimum atomic E-state index is -1.25. The monoisotopic (exact) mass is 468 g/mol. The van der Waals surface area contributed by atoms with Crippen LogP contribution in [-0.4, -0.2) is 46.9 Å². The lowest BCUT2D eigenvalue weighted by molar-refractivity contribution is -0.128. The summed E-state index contributed by atoms with van der Waals surface area (Å²) in [5.74, 6) is 0.418. The summed E-state index contributed by atoms with van der Waals surface area (Å²) >= 11 is 1.55. The standard InChI is InChI=1S/C24H28N4O4S/c1-23(2,3)25-22(30)24(4)14-27-18(13-16(26-27)20-8-7-11-33-20)21(29)28(24)17-10-9-15(31-5)12-19(17)32-6/h7-13H,14H2,1-6H3,(H,25,30). The van der Waals surface area contributed by atoms with Gasteiger partial charge >= 0.3 is 0 Å². The number of anilines is 1. The van der Waals surface area contributed by atoms with Crippen molar-refractivity contribution < 1.29 is 19.1 Å². The largest absolute Gasteiger partial charge is 0.497 e. The SMILES string of the molecule is COc1ccc(N2C(=O)c3cc(-c4cccs4)nn3CC2(C)C(=O)NC(C)(C)C)c(OC)c1. The Morgan fingerprint density at radius 3 is 2.55 bits per heavy atom. The van der Waals surface area contributed by atoms with Crippen molar-refractivity contribution in [3.8, 4) is 22.1 Å². The number of benzene rings is 1. The van der Waals surface area contributed by atoms with Crippen LogP contribution < -0.4 is 19.7 Å². The molecule has 1 unspecified atom stereocenters. The number of amides is 2. The van der Waals surface area contributed by atoms with Crippen LogP contribution in [0.25, 0.3) is 10.6 Å². The van der Waals surface area contributed by atoms with Crippen molar-refractivity contribution in [1.29, 1.82) is 0 Å². The van der Waals surface area contributed by atoms with E-state index in [1.165, 1.54) is 12.0 Å². The van der Waals surface area contributed by atoms with E-state index in [1.54, 1.807) is 54.3 Å². The molecular weight excluding hydrogens is 440 g/mol. The maximum absolute atomic E-state index is 13.9. The average molecular weight is 469 g/mol. The molecule has 1 aliphatic rings. The lowest BCUT2D eigenvalue weighted by Gasteiger charge is -2.44. The van der Waals surface area contributed by atoms with E-state index in [-0.39, 0.29) is 18.4 Å². The van der Waals surface area contributed by atoms with E-state index in [2.05, 4.69) is 10.4 Å². The Morgan fingerprint density at radius 2 is 1.94 bits per heavy atom. The summed E-state index contributed by atoms with van der Waals surface area (Å²) in [6.45, 7) is 7.67. The molecule has 2 aromatic heterocycles. The van der Waals surface area contributed by atoms with E-state index in [0.29, 0.717) is 28.6 Å². The average Bonchev–Trinajstić information content (AvgIpc) is 3.42. The zero-order chi connectivity index (χ0) is 24.0. The molecule has 0 spiro atoms. The van der Waals surface area contributed by atoms with Crippen LogP contribution in [0.15, 0.2) is 41.8 Å². The van der Waals surface area contributed by atoms with Crippen molar-refractivity contribution in [2.45, 2.75) is 45.3 Å². The van der Waals surface area contributed by atoms with Crippen LogP contribution in [0.2, 0.25) is 0 Å². The Kier molecular flexibility index (Phi) is 5.69. The minimum Gasteiger partial charge on any atom is -0.497 e. The van der Waals surface area contributed by atoms with Gasteiger partial charge in [0.05, 0.1) is 31.3 Å². The first-order valence-electron chi connectivity index (χ1n) is 10.6. The van der Waals surface area contributed by atoms with Crippen LogP contribution >= 0.6 is 11.3 Å². The number of aromatic nitrogens is 2. The molecule has 0 saturated heterocycles. The highest BCUT2D eigenvalue weighted by Crippen LogP contribution is 2.40. The van der Waals surface area contributed by atoms with Crippen molar-refractivity contribution in [2.75, 3.05) is 19.1 Å². The number of nitrogens with one attached hydrogen (secondary N) is 1. The Hall–Kier alpha value is -3.33. The number of methoxy groups -OCH3 is 2. The van der Waals surface area contributed by atoms with E-state index in [1.807, 2.05) is 38.3 Å². The lowest BCUT2D eigenvalue weighted by Crippen LogP contribution is -2.66. The fraction of sp³-hybridized carbons (Fsp3) is 0.375. The van der Waals surface area contributed by atoms with Gasteiger partial charge in [0.15, 0.2) is 0 Å². The minimum absolute atomic E-state index is 0.191. The number of carbonyl (C=O) groups is 2. The molecule has 0 radical (unpaired) electrons. The highest BCUT2D eigenvalue weighted by atomic mass is 32.1. The molecular formula is C24H28N4O4S. The lowest BCUT2D eigenvalue weighted by atomic mass is 9.92. The second kappa shape index (κ2) is 8.22. The summed E-state index contributed by atoms with van der Waals surface area (Å²) in [5, 5.41) is 9.67. The van der Waals surface area contributed by atoms with Crippen molar-refractivity contribution in [3.05, 3.63) is 47.5 Å². The van der Waals surface area contributed by atoms with E-state index in [9.17, 15) is 9.59 Å². The van der Waals surface area contributed by atoms with Gasteiger partial charge in [-0.15, -0.1) is 11.3 Å². The van der Waals surface area contributed by atoms with Crippen molar-refractivity contribution in [3.63, 3.8) is 0 Å². The summed E-state index contributed by atoms with van der Waals surface area (Å²) in [6, 6.07) is 10.9. The molecule has 2 amide bonds. The third-order valence-corrected chi connectivity index (χ3v) is 6.42. The number of nitrogens with zero attached hydrogens (tertiary/aromatic N) is 3. The van der Waals surface area contributed by atoms with Crippen molar-refractivity contribution in [1.82, 2.24) is 15.1 Å². The molecule has 1 atom stereocenters. The third kappa shape index (κ3) is 4.08. The van der Waals surface area contributed by atoms with Crippen LogP contribution in [0.4, 0.5) is 5.69 Å². The normalized spacial score (nSPS) is 18.1. The van der Waals surface area contributed by atoms with Crippen molar-refractivity contribution >= 4 is 28.8 Å². The number of hydrogen-bond acceptors (Lipinski definition) is 6. The summed E-state index contributed by atoms with van der Waals surface area (Å²) in [4.78, 5) is 30.0. The maximum Gasteiger partial charge on any atom is 0.277 e. The number of carbonyl (C=O) groups excluding carboxylic acids is 2. The molecule has 3 heterocycles. The molecule has 0 fully saturated rings. The van der Waals surface area contributed by atoms with E-state index >= 15 is 0 Å². The number of ether oxygens (including phenoxy) is 2. The van der Waals surface area contributed by atoms with Gasteiger partial charge < -0.3 is 14.8 Å². The molecule has 33 heavy (non-hydrogen) atoms. The van der Waals surface area contributed by atoms with E-state index < -0.39 is 11.1 Å². The quantitative estimate of drug-likeness (QED) is 0.613. The molecule has 1 N–H and O–H groups in total. The number of thiophene rings is 1. The molecule has 3 aromatic rings.